The van der Waals surface area contributed by atoms with Crippen LogP contribution in [-0.2, 0) is 16.2 Å². The van der Waals surface area contributed by atoms with Gasteiger partial charge in [0.25, 0.3) is 0 Å². The predicted molar refractivity (Wildman–Crippen MR) is 228 cm³/mol. The number of benzene rings is 6. The molecule has 6 aromatic carbocycles. The first-order chi connectivity index (χ1) is 25.4. The Morgan fingerprint density at radius 3 is 1.08 bits per heavy atom. The van der Waals surface area contributed by atoms with Crippen LogP contribution in [0, 0.1) is 0 Å². The van der Waals surface area contributed by atoms with Gasteiger partial charge in [-0.05, 0) is 91.0 Å². The lowest BCUT2D eigenvalue weighted by atomic mass is 9.73. The first-order valence-corrected chi connectivity index (χ1v) is 19.0. The Bertz CT molecular complexity index is 2350. The van der Waals surface area contributed by atoms with Gasteiger partial charge in [0, 0.05) is 53.1 Å². The normalized spacial score (nSPS) is 16.9. The van der Waals surface area contributed by atoms with Crippen molar-refractivity contribution in [3.05, 3.63) is 177 Å². The predicted octanol–water partition coefficient (Wildman–Crippen LogP) is 13.1. The molecule has 0 saturated heterocycles. The zero-order valence-corrected chi connectivity index (χ0v) is 32.3. The number of rotatable bonds is 4. The second-order valence-corrected chi connectivity index (χ2v) is 16.9. The van der Waals surface area contributed by atoms with Gasteiger partial charge < -0.3 is 9.80 Å². The SMILES string of the molecule is CN1c2ccccc2C(C)(C)c2ccc(C=Cc3ccc4c(c3)C(C)(C)c3cc(C=Cc5ccc6c(c5)N(C)c5ccccc5C6(C)C)ccc3-4)cc21. The Morgan fingerprint density at radius 2 is 0.660 bits per heavy atom. The molecule has 9 rings (SSSR count). The minimum atomic E-state index is -0.0978. The smallest absolute Gasteiger partial charge is 0.0455 e. The largest absolute Gasteiger partial charge is 0.344 e. The van der Waals surface area contributed by atoms with Crippen LogP contribution in [0.15, 0.2) is 121 Å². The summed E-state index contributed by atoms with van der Waals surface area (Å²) in [5.41, 5.74) is 20.8. The van der Waals surface area contributed by atoms with Crippen molar-refractivity contribution in [1.29, 1.82) is 0 Å². The summed E-state index contributed by atoms with van der Waals surface area (Å²) in [6.07, 6.45) is 9.07. The number of para-hydroxylation sites is 2. The first kappa shape index (κ1) is 33.3. The number of hydrogen-bond acceptors (Lipinski definition) is 2. The van der Waals surface area contributed by atoms with Crippen molar-refractivity contribution in [2.75, 3.05) is 23.9 Å². The third-order valence-electron chi connectivity index (χ3n) is 12.7. The van der Waals surface area contributed by atoms with Crippen LogP contribution in [0.25, 0.3) is 35.4 Å². The Morgan fingerprint density at radius 1 is 0.340 bits per heavy atom. The molecule has 2 aliphatic heterocycles. The van der Waals surface area contributed by atoms with Crippen LogP contribution in [0.1, 0.15) is 97.2 Å². The molecule has 0 bridgehead atoms. The standard InChI is InChI=1S/C51H48N2/c1-49(2)39-13-9-11-15-45(39)52(7)47-31-35(23-27-41(47)49)19-17-33-21-25-37-38-26-22-34(30-44(38)51(5,6)43(37)29-33)18-20-36-24-28-42-48(32-36)53(8)46-16-12-10-14-40(46)50(42,3)4/h9-32H,1-8H3. The zero-order valence-electron chi connectivity index (χ0n) is 32.3. The molecule has 2 heterocycles. The van der Waals surface area contributed by atoms with E-state index in [0.717, 1.165) is 0 Å². The molecule has 0 saturated carbocycles. The van der Waals surface area contributed by atoms with E-state index in [1.165, 1.54) is 89.5 Å². The molecule has 0 atom stereocenters. The highest BCUT2D eigenvalue weighted by Gasteiger charge is 2.37. The molecule has 53 heavy (non-hydrogen) atoms. The lowest BCUT2D eigenvalue weighted by molar-refractivity contribution is 0.629. The van der Waals surface area contributed by atoms with E-state index in [9.17, 15) is 0 Å². The van der Waals surface area contributed by atoms with Gasteiger partial charge in [0.1, 0.15) is 0 Å². The van der Waals surface area contributed by atoms with Crippen LogP contribution in [0.2, 0.25) is 0 Å². The van der Waals surface area contributed by atoms with Crippen LogP contribution in [0.3, 0.4) is 0 Å². The molecule has 262 valence electrons. The molecule has 0 fully saturated rings. The topological polar surface area (TPSA) is 6.48 Å². The molecule has 0 amide bonds. The molecule has 3 aliphatic rings. The van der Waals surface area contributed by atoms with E-state index < -0.39 is 0 Å². The third kappa shape index (κ3) is 5.06. The molecule has 2 heteroatoms. The zero-order chi connectivity index (χ0) is 36.9. The summed E-state index contributed by atoms with van der Waals surface area (Å²) in [5.74, 6) is 0. The molecular formula is C51H48N2. The van der Waals surface area contributed by atoms with Gasteiger partial charge >= 0.3 is 0 Å². The summed E-state index contributed by atoms with van der Waals surface area (Å²) >= 11 is 0. The second kappa shape index (κ2) is 11.7. The lowest BCUT2D eigenvalue weighted by Crippen LogP contribution is -2.30. The van der Waals surface area contributed by atoms with Crippen molar-refractivity contribution >= 4 is 47.1 Å². The van der Waals surface area contributed by atoms with E-state index in [4.69, 9.17) is 0 Å². The molecule has 2 nitrogen and oxygen atoms in total. The summed E-state index contributed by atoms with van der Waals surface area (Å²) in [5, 5.41) is 0. The van der Waals surface area contributed by atoms with Crippen LogP contribution >= 0.6 is 0 Å². The maximum absolute atomic E-state index is 2.40. The average Bonchev–Trinajstić information content (AvgIpc) is 3.39. The van der Waals surface area contributed by atoms with E-state index in [0.29, 0.717) is 0 Å². The number of nitrogens with zero attached hydrogens (tertiary/aromatic N) is 2. The van der Waals surface area contributed by atoms with E-state index in [-0.39, 0.29) is 16.2 Å². The minimum absolute atomic E-state index is 0.0417. The summed E-state index contributed by atoms with van der Waals surface area (Å²) in [6.45, 7) is 14.1. The van der Waals surface area contributed by atoms with Crippen molar-refractivity contribution in [1.82, 2.24) is 0 Å². The van der Waals surface area contributed by atoms with E-state index in [2.05, 4.69) is 211 Å². The molecule has 1 aliphatic carbocycles. The maximum Gasteiger partial charge on any atom is 0.0455 e. The van der Waals surface area contributed by atoms with Gasteiger partial charge in [-0.15, -0.1) is 0 Å². The van der Waals surface area contributed by atoms with Gasteiger partial charge in [-0.3, -0.25) is 0 Å². The fourth-order valence-electron chi connectivity index (χ4n) is 9.42. The summed E-state index contributed by atoms with van der Waals surface area (Å²) < 4.78 is 0. The second-order valence-electron chi connectivity index (χ2n) is 16.9. The Hall–Kier alpha value is -5.60. The highest BCUT2D eigenvalue weighted by atomic mass is 15.1. The Labute approximate surface area is 315 Å². The molecule has 0 unspecified atom stereocenters. The van der Waals surface area contributed by atoms with E-state index in [1.54, 1.807) is 0 Å². The van der Waals surface area contributed by atoms with Gasteiger partial charge in [-0.2, -0.15) is 0 Å². The van der Waals surface area contributed by atoms with Gasteiger partial charge in [-0.1, -0.05) is 163 Å². The average molecular weight is 689 g/mol. The Kier molecular flexibility index (Phi) is 7.34. The molecular weight excluding hydrogens is 641 g/mol. The summed E-state index contributed by atoms with van der Waals surface area (Å²) in [6, 6.07) is 45.4. The van der Waals surface area contributed by atoms with Crippen LogP contribution < -0.4 is 9.80 Å². The molecule has 0 spiro atoms. The third-order valence-corrected chi connectivity index (χ3v) is 12.7. The quantitative estimate of drug-likeness (QED) is 0.170. The molecule has 0 aromatic heterocycles. The molecule has 6 aromatic rings. The number of hydrogen-bond donors (Lipinski definition) is 0. The molecule has 0 radical (unpaired) electrons. The van der Waals surface area contributed by atoms with Crippen LogP contribution in [0.4, 0.5) is 22.7 Å². The van der Waals surface area contributed by atoms with Crippen molar-refractivity contribution in [3.8, 4) is 11.1 Å². The van der Waals surface area contributed by atoms with E-state index in [1.807, 2.05) is 0 Å². The van der Waals surface area contributed by atoms with Crippen molar-refractivity contribution in [2.45, 2.75) is 57.8 Å². The minimum Gasteiger partial charge on any atom is -0.344 e. The van der Waals surface area contributed by atoms with Crippen LogP contribution in [-0.4, -0.2) is 14.1 Å². The van der Waals surface area contributed by atoms with Gasteiger partial charge in [0.15, 0.2) is 0 Å². The number of fused-ring (bicyclic) bond motifs is 7. The van der Waals surface area contributed by atoms with Crippen LogP contribution in [0.5, 0.6) is 0 Å². The van der Waals surface area contributed by atoms with E-state index >= 15 is 0 Å². The van der Waals surface area contributed by atoms with Gasteiger partial charge in [-0.25, -0.2) is 0 Å². The summed E-state index contributed by atoms with van der Waals surface area (Å²) in [4.78, 5) is 4.69. The highest BCUT2D eigenvalue weighted by Crippen LogP contribution is 2.51. The molecule has 0 N–H and O–H groups in total. The first-order valence-electron chi connectivity index (χ1n) is 19.0. The lowest BCUT2D eigenvalue weighted by Gasteiger charge is -2.40. The van der Waals surface area contributed by atoms with Crippen molar-refractivity contribution in [3.63, 3.8) is 0 Å². The monoisotopic (exact) mass is 688 g/mol. The number of anilines is 4. The fourth-order valence-corrected chi connectivity index (χ4v) is 9.42. The van der Waals surface area contributed by atoms with Gasteiger partial charge in [0.2, 0.25) is 0 Å². The van der Waals surface area contributed by atoms with Gasteiger partial charge in [0.05, 0.1) is 0 Å². The highest BCUT2D eigenvalue weighted by molar-refractivity contribution is 5.86. The maximum atomic E-state index is 2.40. The summed E-state index contributed by atoms with van der Waals surface area (Å²) in [7, 11) is 4.38. The van der Waals surface area contributed by atoms with Crippen molar-refractivity contribution in [2.24, 2.45) is 0 Å². The van der Waals surface area contributed by atoms with Crippen molar-refractivity contribution < 1.29 is 0 Å². The Balaban J connectivity index is 0.970. The fraction of sp³-hybridized carbons (Fsp3) is 0.216.